The number of fused-ring (bicyclic) bond motifs is 1. The zero-order valence-corrected chi connectivity index (χ0v) is 9.56. The number of rotatable bonds is 3. The molecule has 2 rings (SSSR count). The van der Waals surface area contributed by atoms with Crippen LogP contribution in [0.3, 0.4) is 0 Å². The van der Waals surface area contributed by atoms with Crippen LogP contribution in [-0.2, 0) is 17.7 Å². The van der Waals surface area contributed by atoms with Crippen LogP contribution in [0.2, 0.25) is 0 Å². The summed E-state index contributed by atoms with van der Waals surface area (Å²) in [6.45, 7) is 2.65. The summed E-state index contributed by atoms with van der Waals surface area (Å²) < 4.78 is 7.12. The molecule has 5 nitrogen and oxygen atoms in total. The molecule has 0 radical (unpaired) electrons. The predicted molar refractivity (Wildman–Crippen MR) is 57.5 cm³/mol. The van der Waals surface area contributed by atoms with Gasteiger partial charge in [0.05, 0.1) is 5.69 Å². The predicted octanol–water partition coefficient (Wildman–Crippen LogP) is 1.62. The van der Waals surface area contributed by atoms with Crippen molar-refractivity contribution in [2.75, 3.05) is 7.11 Å². The Labute approximate surface area is 94.1 Å². The second-order valence-corrected chi connectivity index (χ2v) is 3.94. The number of aryl methyl sites for hydroxylation is 1. The summed E-state index contributed by atoms with van der Waals surface area (Å²) in [5.41, 5.74) is 0.991. The molecule has 0 spiro atoms. The lowest BCUT2D eigenvalue weighted by Crippen LogP contribution is -2.20. The molecular formula is C11H16N2O3. The summed E-state index contributed by atoms with van der Waals surface area (Å²) in [5, 5.41) is 9.20. The molecule has 16 heavy (non-hydrogen) atoms. The molecule has 0 amide bonds. The van der Waals surface area contributed by atoms with E-state index < -0.39 is 5.97 Å². The van der Waals surface area contributed by atoms with Gasteiger partial charge in [-0.3, -0.25) is 0 Å². The minimum Gasteiger partial charge on any atom is -0.477 e. The van der Waals surface area contributed by atoms with E-state index in [4.69, 9.17) is 4.74 Å². The van der Waals surface area contributed by atoms with Gasteiger partial charge in [0.1, 0.15) is 11.9 Å². The lowest BCUT2D eigenvalue weighted by Gasteiger charge is -2.22. The van der Waals surface area contributed by atoms with Gasteiger partial charge in [-0.15, -0.1) is 0 Å². The van der Waals surface area contributed by atoms with E-state index in [0.29, 0.717) is 17.8 Å². The van der Waals surface area contributed by atoms with Gasteiger partial charge in [-0.2, -0.15) is 0 Å². The normalized spacial score (nSPS) is 19.5. The van der Waals surface area contributed by atoms with E-state index in [9.17, 15) is 9.90 Å². The van der Waals surface area contributed by atoms with Crippen molar-refractivity contribution < 1.29 is 14.6 Å². The number of carboxylic acid groups (broad SMARTS) is 1. The van der Waals surface area contributed by atoms with Gasteiger partial charge in [0.25, 0.3) is 0 Å². The van der Waals surface area contributed by atoms with E-state index in [2.05, 4.69) is 4.98 Å². The summed E-state index contributed by atoms with van der Waals surface area (Å²) in [6.07, 6.45) is 2.42. The van der Waals surface area contributed by atoms with Gasteiger partial charge in [0.15, 0.2) is 5.69 Å². The van der Waals surface area contributed by atoms with Gasteiger partial charge >= 0.3 is 5.97 Å². The number of nitrogens with zero attached hydrogens (tertiary/aromatic N) is 2. The van der Waals surface area contributed by atoms with Crippen LogP contribution >= 0.6 is 0 Å². The molecule has 1 N–H and O–H groups in total. The number of carbonyl (C=O) groups is 1. The smallest absolute Gasteiger partial charge is 0.354 e. The van der Waals surface area contributed by atoms with E-state index in [1.807, 2.05) is 6.92 Å². The Bertz CT molecular complexity index is 412. The Morgan fingerprint density at radius 1 is 1.69 bits per heavy atom. The van der Waals surface area contributed by atoms with Gasteiger partial charge in [-0.1, -0.05) is 6.92 Å². The molecule has 1 aliphatic rings. The van der Waals surface area contributed by atoms with E-state index in [1.165, 1.54) is 0 Å². The van der Waals surface area contributed by atoms with E-state index in [0.717, 1.165) is 25.2 Å². The van der Waals surface area contributed by atoms with Crippen LogP contribution in [0.25, 0.3) is 0 Å². The van der Waals surface area contributed by atoms with Crippen LogP contribution in [0.4, 0.5) is 0 Å². The van der Waals surface area contributed by atoms with Crippen molar-refractivity contribution in [1.29, 1.82) is 0 Å². The molecule has 0 saturated heterocycles. The highest BCUT2D eigenvalue weighted by Crippen LogP contribution is 2.29. The zero-order chi connectivity index (χ0) is 11.7. The number of ether oxygens (including phenoxy) is 1. The Hall–Kier alpha value is -1.36. The molecule has 1 aromatic heterocycles. The minimum absolute atomic E-state index is 0.0628. The van der Waals surface area contributed by atoms with Crippen molar-refractivity contribution in [1.82, 2.24) is 9.55 Å². The summed E-state index contributed by atoms with van der Waals surface area (Å²) in [4.78, 5) is 15.6. The Morgan fingerprint density at radius 3 is 3.00 bits per heavy atom. The average Bonchev–Trinajstić information content (AvgIpc) is 2.66. The molecule has 2 heterocycles. The SMILES string of the molecule is CCc1nc2n(c1C(=O)O)CCCC2OC. The molecule has 1 aliphatic heterocycles. The Balaban J connectivity index is 2.53. The largest absolute Gasteiger partial charge is 0.477 e. The van der Waals surface area contributed by atoms with Crippen molar-refractivity contribution in [2.45, 2.75) is 38.8 Å². The Kier molecular flexibility index (Phi) is 2.96. The molecule has 1 atom stereocenters. The molecule has 88 valence electrons. The van der Waals surface area contributed by atoms with E-state index in [1.54, 1.807) is 11.7 Å². The third-order valence-electron chi connectivity index (χ3n) is 3.03. The highest BCUT2D eigenvalue weighted by molar-refractivity contribution is 5.87. The highest BCUT2D eigenvalue weighted by atomic mass is 16.5. The van der Waals surface area contributed by atoms with Crippen LogP contribution in [-0.4, -0.2) is 27.7 Å². The van der Waals surface area contributed by atoms with Crippen LogP contribution in [0, 0.1) is 0 Å². The lowest BCUT2D eigenvalue weighted by atomic mass is 10.1. The Morgan fingerprint density at radius 2 is 2.44 bits per heavy atom. The summed E-state index contributed by atoms with van der Waals surface area (Å²) in [6, 6.07) is 0. The summed E-state index contributed by atoms with van der Waals surface area (Å²) >= 11 is 0. The molecule has 0 saturated carbocycles. The topological polar surface area (TPSA) is 64.4 Å². The number of carboxylic acids is 1. The number of aromatic nitrogens is 2. The van der Waals surface area contributed by atoms with Crippen LogP contribution in [0.5, 0.6) is 0 Å². The first kappa shape index (κ1) is 11.1. The monoisotopic (exact) mass is 224 g/mol. The fraction of sp³-hybridized carbons (Fsp3) is 0.636. The van der Waals surface area contributed by atoms with Gasteiger partial charge in [0.2, 0.25) is 0 Å². The second kappa shape index (κ2) is 4.25. The van der Waals surface area contributed by atoms with Gasteiger partial charge in [0, 0.05) is 13.7 Å². The van der Waals surface area contributed by atoms with Crippen LogP contribution in [0.15, 0.2) is 0 Å². The summed E-state index contributed by atoms with van der Waals surface area (Å²) in [5.74, 6) is -0.129. The van der Waals surface area contributed by atoms with Crippen LogP contribution < -0.4 is 0 Å². The molecule has 0 bridgehead atoms. The fourth-order valence-electron chi connectivity index (χ4n) is 2.27. The van der Waals surface area contributed by atoms with Crippen molar-refractivity contribution >= 4 is 5.97 Å². The molecular weight excluding hydrogens is 208 g/mol. The van der Waals surface area contributed by atoms with Crippen molar-refractivity contribution in [3.8, 4) is 0 Å². The number of hydrogen-bond donors (Lipinski definition) is 1. The van der Waals surface area contributed by atoms with Gasteiger partial charge in [-0.25, -0.2) is 9.78 Å². The first-order chi connectivity index (χ1) is 7.69. The van der Waals surface area contributed by atoms with Crippen molar-refractivity contribution in [2.24, 2.45) is 0 Å². The van der Waals surface area contributed by atoms with Crippen LogP contribution in [0.1, 0.15) is 47.9 Å². The maximum absolute atomic E-state index is 11.2. The first-order valence-corrected chi connectivity index (χ1v) is 5.54. The average molecular weight is 224 g/mol. The summed E-state index contributed by atoms with van der Waals surface area (Å²) in [7, 11) is 1.64. The minimum atomic E-state index is -0.896. The second-order valence-electron chi connectivity index (χ2n) is 3.94. The maximum atomic E-state index is 11.2. The molecule has 0 aromatic carbocycles. The third-order valence-corrected chi connectivity index (χ3v) is 3.03. The third kappa shape index (κ3) is 1.61. The quantitative estimate of drug-likeness (QED) is 0.847. The molecule has 1 unspecified atom stereocenters. The van der Waals surface area contributed by atoms with Gasteiger partial charge < -0.3 is 14.4 Å². The number of imidazole rings is 1. The van der Waals surface area contributed by atoms with Crippen molar-refractivity contribution in [3.63, 3.8) is 0 Å². The molecule has 1 aromatic rings. The van der Waals surface area contributed by atoms with Gasteiger partial charge in [-0.05, 0) is 19.3 Å². The number of methoxy groups -OCH3 is 1. The standard InChI is InChI=1S/C11H16N2O3/c1-3-7-9(11(14)15)13-6-4-5-8(16-2)10(13)12-7/h8H,3-6H2,1-2H3,(H,14,15). The maximum Gasteiger partial charge on any atom is 0.354 e. The molecule has 5 heteroatoms. The van der Waals surface area contributed by atoms with E-state index in [-0.39, 0.29) is 6.10 Å². The highest BCUT2D eigenvalue weighted by Gasteiger charge is 2.28. The molecule has 0 fully saturated rings. The lowest BCUT2D eigenvalue weighted by molar-refractivity contribution is 0.0639. The zero-order valence-electron chi connectivity index (χ0n) is 9.56. The van der Waals surface area contributed by atoms with Crippen molar-refractivity contribution in [3.05, 3.63) is 17.2 Å². The first-order valence-electron chi connectivity index (χ1n) is 5.54. The fourth-order valence-corrected chi connectivity index (χ4v) is 2.27. The van der Waals surface area contributed by atoms with E-state index >= 15 is 0 Å². The number of hydrogen-bond acceptors (Lipinski definition) is 3. The molecule has 0 aliphatic carbocycles. The number of aromatic carboxylic acids is 1.